The number of morpholine rings is 1. The summed E-state index contributed by atoms with van der Waals surface area (Å²) < 4.78 is 28.9. The molecule has 3 N–H and O–H groups in total. The maximum absolute atomic E-state index is 11.7. The summed E-state index contributed by atoms with van der Waals surface area (Å²) in [4.78, 5) is 11.2. The summed E-state index contributed by atoms with van der Waals surface area (Å²) in [5, 5.41) is 8.36. The Labute approximate surface area is 160 Å². The van der Waals surface area contributed by atoms with E-state index in [9.17, 15) is 13.9 Å². The minimum atomic E-state index is -2.41. The van der Waals surface area contributed by atoms with E-state index in [1.807, 2.05) is 6.92 Å². The Kier molecular flexibility index (Phi) is 6.38. The Bertz CT molecular complexity index is 802. The van der Waals surface area contributed by atoms with Gasteiger partial charge in [-0.2, -0.15) is 0 Å². The van der Waals surface area contributed by atoms with Gasteiger partial charge in [0.25, 0.3) is 0 Å². The molecule has 146 valence electrons. The molecule has 0 amide bonds. The van der Waals surface area contributed by atoms with Crippen LogP contribution in [-0.2, 0) is 15.8 Å². The highest BCUT2D eigenvalue weighted by Crippen LogP contribution is 2.29. The average Bonchev–Trinajstić information content (AvgIpc) is 2.66. The van der Waals surface area contributed by atoms with Crippen LogP contribution in [0.15, 0.2) is 30.3 Å². The van der Waals surface area contributed by atoms with Crippen molar-refractivity contribution in [3.63, 3.8) is 0 Å². The van der Waals surface area contributed by atoms with Crippen LogP contribution in [0.5, 0.6) is 0 Å². The lowest BCUT2D eigenvalue weighted by Crippen LogP contribution is -2.44. The van der Waals surface area contributed by atoms with Gasteiger partial charge in [-0.3, -0.25) is 4.21 Å². The zero-order valence-electron chi connectivity index (χ0n) is 15.1. The highest BCUT2D eigenvalue weighted by atomic mass is 32.2. The molecule has 3 rings (SSSR count). The van der Waals surface area contributed by atoms with E-state index in [0.717, 1.165) is 5.56 Å². The van der Waals surface area contributed by atoms with Gasteiger partial charge in [0, 0.05) is 30.5 Å². The number of nitrogens with zero attached hydrogens (tertiary/aromatic N) is 3. The SMILES string of the molecule is C[C@H]1COCCN1c1cc(C(CCO)S(=O)[O-])nc(-c2ccc(N)cc2)n1. The van der Waals surface area contributed by atoms with Crippen LogP contribution in [0, 0.1) is 0 Å². The summed E-state index contributed by atoms with van der Waals surface area (Å²) in [5.74, 6) is 1.07. The van der Waals surface area contributed by atoms with Gasteiger partial charge in [0.05, 0.1) is 30.2 Å². The molecular weight excluding hydrogens is 368 g/mol. The number of benzene rings is 1. The molecule has 9 heteroatoms. The van der Waals surface area contributed by atoms with Crippen molar-refractivity contribution >= 4 is 22.6 Å². The van der Waals surface area contributed by atoms with Crippen molar-refractivity contribution in [2.45, 2.75) is 24.6 Å². The number of ether oxygens (including phenoxy) is 1. The molecule has 8 nitrogen and oxygen atoms in total. The van der Waals surface area contributed by atoms with Crippen LogP contribution in [-0.4, -0.2) is 56.2 Å². The molecule has 1 aromatic carbocycles. The third kappa shape index (κ3) is 4.62. The van der Waals surface area contributed by atoms with Crippen molar-refractivity contribution in [3.05, 3.63) is 36.0 Å². The van der Waals surface area contributed by atoms with Gasteiger partial charge in [0.2, 0.25) is 0 Å². The number of aliphatic hydroxyl groups is 1. The number of aliphatic hydroxyl groups excluding tert-OH is 1. The van der Waals surface area contributed by atoms with Gasteiger partial charge in [-0.1, -0.05) is 0 Å². The van der Waals surface area contributed by atoms with Crippen molar-refractivity contribution in [2.75, 3.05) is 37.0 Å². The molecule has 1 aliphatic heterocycles. The molecule has 2 unspecified atom stereocenters. The first-order valence-corrected chi connectivity index (χ1v) is 9.91. The summed E-state index contributed by atoms with van der Waals surface area (Å²) in [5.41, 5.74) is 7.49. The van der Waals surface area contributed by atoms with E-state index >= 15 is 0 Å². The summed E-state index contributed by atoms with van der Waals surface area (Å²) >= 11 is -2.41. The molecule has 2 aromatic rings. The van der Waals surface area contributed by atoms with Crippen LogP contribution in [0.3, 0.4) is 0 Å². The molecule has 1 saturated heterocycles. The summed E-state index contributed by atoms with van der Waals surface area (Å²) in [7, 11) is 0. The van der Waals surface area contributed by atoms with E-state index in [-0.39, 0.29) is 19.1 Å². The lowest BCUT2D eigenvalue weighted by atomic mass is 10.1. The van der Waals surface area contributed by atoms with Crippen molar-refractivity contribution in [3.8, 4) is 11.4 Å². The van der Waals surface area contributed by atoms with Gasteiger partial charge in [0.15, 0.2) is 5.82 Å². The maximum Gasteiger partial charge on any atom is 0.161 e. The zero-order valence-corrected chi connectivity index (χ0v) is 15.9. The van der Waals surface area contributed by atoms with Crippen LogP contribution in [0.4, 0.5) is 11.5 Å². The second-order valence-electron chi connectivity index (χ2n) is 6.48. The average molecular weight is 391 g/mol. The van der Waals surface area contributed by atoms with Crippen LogP contribution in [0.1, 0.15) is 24.3 Å². The maximum atomic E-state index is 11.7. The quantitative estimate of drug-likeness (QED) is 0.557. The monoisotopic (exact) mass is 391 g/mol. The van der Waals surface area contributed by atoms with Gasteiger partial charge in [-0.25, -0.2) is 9.97 Å². The molecule has 1 aliphatic rings. The fourth-order valence-electron chi connectivity index (χ4n) is 3.05. The highest BCUT2D eigenvalue weighted by Gasteiger charge is 2.24. The predicted octanol–water partition coefficient (Wildman–Crippen LogP) is 1.25. The van der Waals surface area contributed by atoms with Gasteiger partial charge < -0.3 is 25.0 Å². The van der Waals surface area contributed by atoms with Crippen molar-refractivity contribution in [1.82, 2.24) is 9.97 Å². The standard InChI is InChI=1S/C18H24N4O4S/c1-12-11-26-9-7-22(12)17-10-15(16(6-8-23)27(24)25)20-18(21-17)13-2-4-14(19)5-3-13/h2-5,10,12,16,23H,6-9,11,19H2,1H3,(H,24,25)/p-1/t12-,16?/m0/s1. The fraction of sp³-hybridized carbons (Fsp3) is 0.444. The van der Waals surface area contributed by atoms with Crippen molar-refractivity contribution in [2.24, 2.45) is 0 Å². The number of aromatic nitrogens is 2. The van der Waals surface area contributed by atoms with Crippen molar-refractivity contribution in [1.29, 1.82) is 0 Å². The highest BCUT2D eigenvalue weighted by molar-refractivity contribution is 7.79. The number of hydrogen-bond acceptors (Lipinski definition) is 8. The molecule has 27 heavy (non-hydrogen) atoms. The molecule has 0 saturated carbocycles. The molecule has 0 radical (unpaired) electrons. The largest absolute Gasteiger partial charge is 0.772 e. The lowest BCUT2D eigenvalue weighted by molar-refractivity contribution is 0.0985. The van der Waals surface area contributed by atoms with Gasteiger partial charge in [0.1, 0.15) is 5.82 Å². The van der Waals surface area contributed by atoms with E-state index in [1.54, 1.807) is 30.3 Å². The van der Waals surface area contributed by atoms with Crippen LogP contribution in [0.2, 0.25) is 0 Å². The number of anilines is 2. The van der Waals surface area contributed by atoms with Crippen LogP contribution >= 0.6 is 0 Å². The third-order valence-electron chi connectivity index (χ3n) is 4.52. The zero-order chi connectivity index (χ0) is 19.4. The Morgan fingerprint density at radius 3 is 2.78 bits per heavy atom. The Balaban J connectivity index is 2.09. The Hall–Kier alpha value is -2.07. The van der Waals surface area contributed by atoms with Crippen LogP contribution in [0.25, 0.3) is 11.4 Å². The minimum absolute atomic E-state index is 0.0758. The number of hydrogen-bond donors (Lipinski definition) is 2. The van der Waals surface area contributed by atoms with E-state index < -0.39 is 16.3 Å². The van der Waals surface area contributed by atoms with Gasteiger partial charge >= 0.3 is 0 Å². The second-order valence-corrected chi connectivity index (χ2v) is 7.57. The van der Waals surface area contributed by atoms with Crippen molar-refractivity contribution < 1.29 is 18.6 Å². The van der Waals surface area contributed by atoms with Gasteiger partial charge in [-0.05, 0) is 48.7 Å². The van der Waals surface area contributed by atoms with E-state index in [4.69, 9.17) is 10.5 Å². The summed E-state index contributed by atoms with van der Waals surface area (Å²) in [6.45, 7) is 3.59. The predicted molar refractivity (Wildman–Crippen MR) is 103 cm³/mol. The molecule has 1 fully saturated rings. The van der Waals surface area contributed by atoms with E-state index in [1.165, 1.54) is 0 Å². The number of nitrogen functional groups attached to an aromatic ring is 1. The molecule has 3 atom stereocenters. The second kappa shape index (κ2) is 8.75. The Morgan fingerprint density at radius 1 is 1.41 bits per heavy atom. The molecular formula is C18H23N4O4S-. The number of nitrogens with two attached hydrogens (primary N) is 1. The molecule has 0 bridgehead atoms. The first kappa shape index (κ1) is 19.7. The third-order valence-corrected chi connectivity index (χ3v) is 5.46. The normalized spacial score (nSPS) is 19.7. The molecule has 0 aliphatic carbocycles. The lowest BCUT2D eigenvalue weighted by Gasteiger charge is -2.35. The summed E-state index contributed by atoms with van der Waals surface area (Å²) in [6, 6.07) is 8.90. The van der Waals surface area contributed by atoms with E-state index in [2.05, 4.69) is 14.9 Å². The van der Waals surface area contributed by atoms with E-state index in [0.29, 0.717) is 42.8 Å². The minimum Gasteiger partial charge on any atom is -0.772 e. The fourth-order valence-corrected chi connectivity index (χ4v) is 3.67. The smallest absolute Gasteiger partial charge is 0.161 e. The topological polar surface area (TPSA) is 125 Å². The molecule has 1 aromatic heterocycles. The summed E-state index contributed by atoms with van der Waals surface area (Å²) in [6.07, 6.45) is 0.0758. The number of rotatable bonds is 6. The van der Waals surface area contributed by atoms with Gasteiger partial charge in [-0.15, -0.1) is 0 Å². The molecule has 2 heterocycles. The first-order chi connectivity index (χ1) is 13.0. The first-order valence-electron chi connectivity index (χ1n) is 8.77. The Morgan fingerprint density at radius 2 is 2.15 bits per heavy atom. The van der Waals surface area contributed by atoms with Crippen LogP contribution < -0.4 is 10.6 Å². The molecule has 0 spiro atoms.